The van der Waals surface area contributed by atoms with Gasteiger partial charge in [0.05, 0.1) is 32.7 Å². The van der Waals surface area contributed by atoms with Crippen molar-refractivity contribution in [2.45, 2.75) is 44.1 Å². The molecule has 1 N–H and O–H groups in total. The highest BCUT2D eigenvalue weighted by atomic mass is 35.5. The summed E-state index contributed by atoms with van der Waals surface area (Å²) in [5.41, 5.74) is -0.831. The van der Waals surface area contributed by atoms with Gasteiger partial charge in [-0.15, -0.1) is 5.10 Å². The van der Waals surface area contributed by atoms with Crippen molar-refractivity contribution in [1.29, 1.82) is 0 Å². The van der Waals surface area contributed by atoms with Crippen LogP contribution >= 0.6 is 34.8 Å². The third kappa shape index (κ3) is 4.43. The van der Waals surface area contributed by atoms with Crippen LogP contribution in [0.3, 0.4) is 0 Å². The fourth-order valence-corrected chi connectivity index (χ4v) is 7.56. The van der Waals surface area contributed by atoms with Crippen LogP contribution in [0.15, 0.2) is 42.7 Å². The van der Waals surface area contributed by atoms with E-state index in [2.05, 4.69) is 15.4 Å². The molecule has 4 saturated carbocycles. The average molecular weight is 563 g/mol. The van der Waals surface area contributed by atoms with Crippen molar-refractivity contribution in [3.63, 3.8) is 0 Å². The minimum Gasteiger partial charge on any atom is -0.455 e. The van der Waals surface area contributed by atoms with Crippen LogP contribution in [0.2, 0.25) is 15.3 Å². The molecule has 37 heavy (non-hydrogen) atoms. The Bertz CT molecular complexity index is 1410. The number of nitrogens with zero attached hydrogens (tertiary/aromatic N) is 4. The third-order valence-electron chi connectivity index (χ3n) is 7.94. The highest BCUT2D eigenvalue weighted by Crippen LogP contribution is 2.64. The Labute approximate surface area is 227 Å². The summed E-state index contributed by atoms with van der Waals surface area (Å²) in [4.78, 5) is 29.1. The number of carbonyl (C=O) groups excluding carboxylic acids is 1. The summed E-state index contributed by atoms with van der Waals surface area (Å²) in [7, 11) is 0. The maximum atomic E-state index is 13.9. The minimum absolute atomic E-state index is 0.145. The number of nitro groups is 1. The zero-order chi connectivity index (χ0) is 25.9. The van der Waals surface area contributed by atoms with Gasteiger partial charge in [0.25, 0.3) is 5.69 Å². The number of aromatic nitrogens is 3. The molecule has 1 aromatic heterocycles. The number of amides is 1. The van der Waals surface area contributed by atoms with E-state index in [0.29, 0.717) is 29.0 Å². The molecule has 1 amide bonds. The maximum absolute atomic E-state index is 13.9. The number of carbonyl (C=O) groups is 1. The van der Waals surface area contributed by atoms with Gasteiger partial charge in [0.1, 0.15) is 17.8 Å². The van der Waals surface area contributed by atoms with Crippen molar-refractivity contribution >= 4 is 52.1 Å². The lowest BCUT2D eigenvalue weighted by Crippen LogP contribution is -2.60. The lowest BCUT2D eigenvalue weighted by atomic mass is 9.46. The van der Waals surface area contributed by atoms with Crippen LogP contribution in [-0.4, -0.2) is 25.6 Å². The molecule has 4 aliphatic rings. The Morgan fingerprint density at radius 2 is 1.86 bits per heavy atom. The van der Waals surface area contributed by atoms with E-state index in [9.17, 15) is 14.9 Å². The van der Waals surface area contributed by atoms with E-state index in [-0.39, 0.29) is 38.9 Å². The number of nitro benzene ring substituents is 1. The predicted molar refractivity (Wildman–Crippen MR) is 138 cm³/mol. The van der Waals surface area contributed by atoms with Gasteiger partial charge in [-0.3, -0.25) is 14.9 Å². The van der Waals surface area contributed by atoms with Gasteiger partial charge in [0, 0.05) is 17.2 Å². The summed E-state index contributed by atoms with van der Waals surface area (Å²) in [6.45, 7) is 0. The summed E-state index contributed by atoms with van der Waals surface area (Å²) in [6, 6.07) is 8.88. The third-order valence-corrected chi connectivity index (χ3v) is 8.65. The van der Waals surface area contributed by atoms with Gasteiger partial charge < -0.3 is 10.1 Å². The molecule has 3 aromatic rings. The summed E-state index contributed by atoms with van der Waals surface area (Å²) >= 11 is 18.2. The smallest absolute Gasteiger partial charge is 0.275 e. The number of hydrogen-bond acceptors (Lipinski definition) is 6. The molecule has 9 nitrogen and oxygen atoms in total. The molecule has 2 unspecified atom stereocenters. The number of nitrogens with one attached hydrogen (secondary N) is 1. The summed E-state index contributed by atoms with van der Waals surface area (Å²) in [6.07, 6.45) is 6.81. The van der Waals surface area contributed by atoms with Crippen molar-refractivity contribution in [3.05, 3.63) is 68.2 Å². The lowest BCUT2D eigenvalue weighted by molar-refractivity contribution is -0.384. The SMILES string of the molecule is O=C(Nc1cc(Oc2ccc(Cl)cc2Cl)cc([N+](=O)[O-])c1)C12CC3CC(C1)CC(n1cnc(Cl)n1)(C3)C2. The Hall–Kier alpha value is -2.88. The minimum atomic E-state index is -0.604. The normalized spacial score (nSPS) is 27.8. The van der Waals surface area contributed by atoms with E-state index in [1.807, 2.05) is 4.68 Å². The van der Waals surface area contributed by atoms with E-state index in [0.717, 1.165) is 32.1 Å². The Morgan fingerprint density at radius 1 is 1.11 bits per heavy atom. The van der Waals surface area contributed by atoms with Crippen molar-refractivity contribution < 1.29 is 14.5 Å². The second-order valence-corrected chi connectivity index (χ2v) is 11.7. The predicted octanol–water partition coefficient (Wildman–Crippen LogP) is 6.87. The molecule has 12 heteroatoms. The molecule has 2 aromatic carbocycles. The maximum Gasteiger partial charge on any atom is 0.275 e. The Balaban J connectivity index is 1.29. The molecule has 1 heterocycles. The fraction of sp³-hybridized carbons (Fsp3) is 0.400. The second kappa shape index (κ2) is 8.85. The molecule has 4 bridgehead atoms. The molecule has 4 fully saturated rings. The van der Waals surface area contributed by atoms with Gasteiger partial charge in [0.2, 0.25) is 11.2 Å². The van der Waals surface area contributed by atoms with Gasteiger partial charge >= 0.3 is 0 Å². The zero-order valence-corrected chi connectivity index (χ0v) is 21.8. The quantitative estimate of drug-likeness (QED) is 0.259. The van der Waals surface area contributed by atoms with Crippen LogP contribution in [0.4, 0.5) is 11.4 Å². The molecule has 0 radical (unpaired) electrons. The number of anilines is 1. The van der Waals surface area contributed by atoms with Crippen LogP contribution in [0.5, 0.6) is 11.5 Å². The summed E-state index contributed by atoms with van der Waals surface area (Å²) in [5.74, 6) is 1.11. The van der Waals surface area contributed by atoms with Gasteiger partial charge in [-0.05, 0) is 80.2 Å². The number of halogens is 3. The van der Waals surface area contributed by atoms with Gasteiger partial charge in [-0.2, -0.15) is 0 Å². The number of ether oxygens (including phenoxy) is 1. The summed E-state index contributed by atoms with van der Waals surface area (Å²) < 4.78 is 7.68. The van der Waals surface area contributed by atoms with Crippen LogP contribution in [0.25, 0.3) is 0 Å². The first-order valence-electron chi connectivity index (χ1n) is 11.9. The number of hydrogen-bond donors (Lipinski definition) is 1. The summed E-state index contributed by atoms with van der Waals surface area (Å²) in [5, 5.41) is 19.9. The molecular formula is C25H22Cl3N5O4. The first kappa shape index (κ1) is 24.5. The first-order chi connectivity index (χ1) is 17.6. The zero-order valence-electron chi connectivity index (χ0n) is 19.5. The van der Waals surface area contributed by atoms with Gasteiger partial charge in [-0.1, -0.05) is 23.2 Å². The van der Waals surface area contributed by atoms with Gasteiger partial charge in [-0.25, -0.2) is 9.67 Å². The first-order valence-corrected chi connectivity index (χ1v) is 13.1. The average Bonchev–Trinajstić information content (AvgIpc) is 3.27. The van der Waals surface area contributed by atoms with Crippen LogP contribution in [0, 0.1) is 27.4 Å². The van der Waals surface area contributed by atoms with Crippen LogP contribution in [0.1, 0.15) is 38.5 Å². The Kier molecular flexibility index (Phi) is 5.85. The Morgan fingerprint density at radius 3 is 2.51 bits per heavy atom. The standard InChI is InChI=1S/C25H22Cl3N5O4/c26-16-1-2-21(20(27)4-16)37-19-6-17(5-18(7-19)33(35)36)30-22(34)24-8-14-3-15(9-24)11-25(10-14,12-24)32-13-29-23(28)31-32/h1-2,4-7,13-15H,3,8-12H2,(H,30,34). The molecule has 0 saturated heterocycles. The second-order valence-electron chi connectivity index (χ2n) is 10.5. The molecular weight excluding hydrogens is 541 g/mol. The highest BCUT2D eigenvalue weighted by molar-refractivity contribution is 6.35. The molecule has 0 aliphatic heterocycles. The highest BCUT2D eigenvalue weighted by Gasteiger charge is 2.61. The van der Waals surface area contributed by atoms with Crippen molar-refractivity contribution in [3.8, 4) is 11.5 Å². The molecule has 0 spiro atoms. The fourth-order valence-electron chi connectivity index (χ4n) is 6.99. The lowest BCUT2D eigenvalue weighted by Gasteiger charge is -2.60. The van der Waals surface area contributed by atoms with Gasteiger partial charge in [0.15, 0.2) is 0 Å². The largest absolute Gasteiger partial charge is 0.455 e. The van der Waals surface area contributed by atoms with Crippen molar-refractivity contribution in [2.24, 2.45) is 17.3 Å². The van der Waals surface area contributed by atoms with Crippen molar-refractivity contribution in [2.75, 3.05) is 5.32 Å². The van der Waals surface area contributed by atoms with E-state index < -0.39 is 10.3 Å². The monoisotopic (exact) mass is 561 g/mol. The molecule has 7 rings (SSSR count). The number of non-ortho nitro benzene ring substituents is 1. The van der Waals surface area contributed by atoms with E-state index in [1.54, 1.807) is 24.5 Å². The molecule has 4 aliphatic carbocycles. The number of benzene rings is 2. The molecule has 192 valence electrons. The number of rotatable bonds is 6. The van der Waals surface area contributed by atoms with Crippen molar-refractivity contribution in [1.82, 2.24) is 14.8 Å². The van der Waals surface area contributed by atoms with Crippen LogP contribution < -0.4 is 10.1 Å². The molecule has 2 atom stereocenters. The van der Waals surface area contributed by atoms with E-state index >= 15 is 0 Å². The topological polar surface area (TPSA) is 112 Å². The van der Waals surface area contributed by atoms with Crippen LogP contribution in [-0.2, 0) is 10.3 Å². The van der Waals surface area contributed by atoms with E-state index in [1.165, 1.54) is 18.2 Å². The van der Waals surface area contributed by atoms with E-state index in [4.69, 9.17) is 39.5 Å².